The van der Waals surface area contributed by atoms with Gasteiger partial charge in [-0.25, -0.2) is 4.68 Å². The van der Waals surface area contributed by atoms with E-state index in [1.165, 1.54) is 6.42 Å². The Bertz CT molecular complexity index is 1100. The molecule has 2 N–H and O–H groups in total. The Labute approximate surface area is 175 Å². The molecule has 1 fully saturated rings. The number of carbonyl (C=O) groups excluding carboxylic acids is 1. The van der Waals surface area contributed by atoms with Gasteiger partial charge in [0.25, 0.3) is 11.5 Å². The van der Waals surface area contributed by atoms with Gasteiger partial charge < -0.3 is 10.2 Å². The van der Waals surface area contributed by atoms with Crippen molar-refractivity contribution in [3.8, 4) is 0 Å². The van der Waals surface area contributed by atoms with Crippen LogP contribution in [0.2, 0.25) is 0 Å². The first kappa shape index (κ1) is 20.1. The number of anilines is 1. The Morgan fingerprint density at radius 2 is 1.83 bits per heavy atom. The summed E-state index contributed by atoms with van der Waals surface area (Å²) in [6.45, 7) is 8.21. The van der Waals surface area contributed by atoms with E-state index in [2.05, 4.69) is 20.4 Å². The fraction of sp³-hybridized carbons (Fsp3) is 0.455. The van der Waals surface area contributed by atoms with E-state index in [1.54, 1.807) is 10.9 Å². The number of aromatic amines is 1. The van der Waals surface area contributed by atoms with Gasteiger partial charge in [-0.15, -0.1) is 0 Å². The van der Waals surface area contributed by atoms with Gasteiger partial charge in [-0.2, -0.15) is 10.1 Å². The Morgan fingerprint density at radius 1 is 1.13 bits per heavy atom. The number of piperidine rings is 1. The molecule has 158 valence electrons. The van der Waals surface area contributed by atoms with E-state index in [4.69, 9.17) is 0 Å². The van der Waals surface area contributed by atoms with E-state index in [9.17, 15) is 9.59 Å². The van der Waals surface area contributed by atoms with Crippen molar-refractivity contribution >= 4 is 22.9 Å². The van der Waals surface area contributed by atoms with E-state index in [0.717, 1.165) is 31.5 Å². The Hall–Kier alpha value is -3.16. The maximum absolute atomic E-state index is 12.6. The molecular weight excluding hydrogens is 380 g/mol. The number of carbonyl (C=O) groups is 1. The maximum atomic E-state index is 12.6. The molecule has 1 aliphatic heterocycles. The Morgan fingerprint density at radius 3 is 2.50 bits per heavy atom. The average Bonchev–Trinajstić information content (AvgIpc) is 3.18. The summed E-state index contributed by atoms with van der Waals surface area (Å²) in [4.78, 5) is 34.2. The van der Waals surface area contributed by atoms with Crippen LogP contribution in [0.15, 0.2) is 35.3 Å². The van der Waals surface area contributed by atoms with Crippen molar-refractivity contribution in [1.82, 2.24) is 24.6 Å². The topological polar surface area (TPSA) is 95.9 Å². The van der Waals surface area contributed by atoms with Crippen molar-refractivity contribution in [2.75, 3.05) is 18.4 Å². The summed E-state index contributed by atoms with van der Waals surface area (Å²) in [5, 5.41) is 7.96. The Kier molecular flexibility index (Phi) is 5.32. The predicted octanol–water partition coefficient (Wildman–Crippen LogP) is 3.11. The molecule has 1 aliphatic rings. The van der Waals surface area contributed by atoms with Gasteiger partial charge in [0.1, 0.15) is 5.39 Å². The molecule has 0 saturated carbocycles. The number of H-pyrrole nitrogens is 1. The van der Waals surface area contributed by atoms with Crippen molar-refractivity contribution in [3.05, 3.63) is 51.9 Å². The van der Waals surface area contributed by atoms with E-state index in [-0.39, 0.29) is 17.0 Å². The zero-order valence-corrected chi connectivity index (χ0v) is 17.7. The minimum Gasteiger partial charge on any atom is -0.352 e. The fourth-order valence-corrected chi connectivity index (χ4v) is 3.72. The van der Waals surface area contributed by atoms with Crippen LogP contribution in [0.3, 0.4) is 0 Å². The summed E-state index contributed by atoms with van der Waals surface area (Å²) >= 11 is 0. The summed E-state index contributed by atoms with van der Waals surface area (Å²) in [6, 6.07) is 7.59. The summed E-state index contributed by atoms with van der Waals surface area (Å²) in [5.41, 5.74) is 1.76. The smallest absolute Gasteiger partial charge is 0.263 e. The van der Waals surface area contributed by atoms with Crippen LogP contribution in [-0.4, -0.2) is 43.6 Å². The van der Waals surface area contributed by atoms with Crippen molar-refractivity contribution in [1.29, 1.82) is 0 Å². The minimum atomic E-state index is -0.281. The number of aromatic nitrogens is 4. The number of hydrogen-bond donors (Lipinski definition) is 2. The van der Waals surface area contributed by atoms with Crippen molar-refractivity contribution in [2.45, 2.75) is 52.1 Å². The molecule has 0 radical (unpaired) electrons. The van der Waals surface area contributed by atoms with Crippen LogP contribution in [0.1, 0.15) is 56.0 Å². The summed E-state index contributed by atoms with van der Waals surface area (Å²) < 4.78 is 1.75. The van der Waals surface area contributed by atoms with Gasteiger partial charge >= 0.3 is 0 Å². The van der Waals surface area contributed by atoms with Crippen LogP contribution in [-0.2, 0) is 12.1 Å². The molecule has 8 nitrogen and oxygen atoms in total. The molecule has 1 amide bonds. The number of likely N-dealkylation sites (tertiary alicyclic amines) is 1. The van der Waals surface area contributed by atoms with Crippen molar-refractivity contribution in [3.63, 3.8) is 0 Å². The zero-order valence-electron chi connectivity index (χ0n) is 17.7. The number of amides is 1. The van der Waals surface area contributed by atoms with Crippen molar-refractivity contribution in [2.24, 2.45) is 0 Å². The second-order valence-corrected chi connectivity index (χ2v) is 8.78. The lowest BCUT2D eigenvalue weighted by Crippen LogP contribution is -2.35. The first-order chi connectivity index (χ1) is 14.3. The lowest BCUT2D eigenvalue weighted by Gasteiger charge is -2.26. The number of nitrogens with one attached hydrogen (secondary N) is 2. The summed E-state index contributed by atoms with van der Waals surface area (Å²) in [7, 11) is 0. The Balaban J connectivity index is 1.47. The molecule has 3 aromatic rings. The van der Waals surface area contributed by atoms with Gasteiger partial charge in [0.15, 0.2) is 5.65 Å². The highest BCUT2D eigenvalue weighted by atomic mass is 16.2. The third-order valence-electron chi connectivity index (χ3n) is 5.38. The average molecular weight is 409 g/mol. The van der Waals surface area contributed by atoms with Crippen LogP contribution in [0.5, 0.6) is 0 Å². The lowest BCUT2D eigenvalue weighted by atomic mass is 10.1. The van der Waals surface area contributed by atoms with E-state index < -0.39 is 0 Å². The van der Waals surface area contributed by atoms with Crippen LogP contribution >= 0.6 is 0 Å². The number of hydrogen-bond acceptors (Lipinski definition) is 5. The molecule has 1 saturated heterocycles. The summed E-state index contributed by atoms with van der Waals surface area (Å²) in [6.07, 6.45) is 4.91. The molecule has 2 aromatic heterocycles. The molecule has 0 unspecified atom stereocenters. The van der Waals surface area contributed by atoms with Crippen molar-refractivity contribution < 1.29 is 4.79 Å². The quantitative estimate of drug-likeness (QED) is 0.692. The van der Waals surface area contributed by atoms with Gasteiger partial charge in [0, 0.05) is 25.2 Å². The normalized spacial score (nSPS) is 14.8. The SMILES string of the molecule is CC(C)(C)n1ncc2c(=O)[nH]c(NCc3ccc(C(=O)N4CCCCC4)cc3)nc21. The zero-order chi connectivity index (χ0) is 21.3. The maximum Gasteiger partial charge on any atom is 0.263 e. The molecule has 0 aliphatic carbocycles. The molecular formula is C22H28N6O2. The van der Waals surface area contributed by atoms with Crippen LogP contribution in [0, 0.1) is 0 Å². The molecule has 8 heteroatoms. The number of benzene rings is 1. The highest BCUT2D eigenvalue weighted by Gasteiger charge is 2.20. The number of nitrogens with zero attached hydrogens (tertiary/aromatic N) is 4. The van der Waals surface area contributed by atoms with Crippen LogP contribution < -0.4 is 10.9 Å². The lowest BCUT2D eigenvalue weighted by molar-refractivity contribution is 0.0724. The highest BCUT2D eigenvalue weighted by molar-refractivity contribution is 5.94. The fourth-order valence-electron chi connectivity index (χ4n) is 3.72. The minimum absolute atomic E-state index is 0.0982. The molecule has 0 bridgehead atoms. The van der Waals surface area contributed by atoms with E-state index in [1.807, 2.05) is 49.9 Å². The van der Waals surface area contributed by atoms with Gasteiger partial charge in [-0.3, -0.25) is 14.6 Å². The molecule has 4 rings (SSSR count). The molecule has 1 aromatic carbocycles. The van der Waals surface area contributed by atoms with Gasteiger partial charge in [0.2, 0.25) is 5.95 Å². The van der Waals surface area contributed by atoms with Gasteiger partial charge in [0.05, 0.1) is 11.7 Å². The van der Waals surface area contributed by atoms with Gasteiger partial charge in [-0.05, 0) is 57.7 Å². The highest BCUT2D eigenvalue weighted by Crippen LogP contribution is 2.19. The monoisotopic (exact) mass is 408 g/mol. The molecule has 3 heterocycles. The number of rotatable bonds is 4. The van der Waals surface area contributed by atoms with Gasteiger partial charge in [-0.1, -0.05) is 12.1 Å². The largest absolute Gasteiger partial charge is 0.352 e. The number of fused-ring (bicyclic) bond motifs is 1. The second kappa shape index (κ2) is 7.93. The third kappa shape index (κ3) is 4.08. The third-order valence-corrected chi connectivity index (χ3v) is 5.38. The van der Waals surface area contributed by atoms with E-state index >= 15 is 0 Å². The van der Waals surface area contributed by atoms with E-state index in [0.29, 0.717) is 29.1 Å². The first-order valence-corrected chi connectivity index (χ1v) is 10.4. The summed E-state index contributed by atoms with van der Waals surface area (Å²) in [5.74, 6) is 0.494. The standard InChI is InChI=1S/C22H28N6O2/c1-22(2,3)28-18-17(14-24-28)19(29)26-21(25-18)23-13-15-7-9-16(10-8-15)20(30)27-11-5-4-6-12-27/h7-10,14H,4-6,11-13H2,1-3H3,(H2,23,25,26,29). The molecule has 0 atom stereocenters. The molecule has 30 heavy (non-hydrogen) atoms. The molecule has 0 spiro atoms. The first-order valence-electron chi connectivity index (χ1n) is 10.4. The predicted molar refractivity (Wildman–Crippen MR) is 117 cm³/mol. The van der Waals surface area contributed by atoms with Crippen LogP contribution in [0.25, 0.3) is 11.0 Å². The second-order valence-electron chi connectivity index (χ2n) is 8.78. The van der Waals surface area contributed by atoms with Crippen LogP contribution in [0.4, 0.5) is 5.95 Å².